The summed E-state index contributed by atoms with van der Waals surface area (Å²) in [5, 5.41) is 6.89. The molecule has 5 nitrogen and oxygen atoms in total. The molecule has 0 spiro atoms. The minimum absolute atomic E-state index is 0. The minimum Gasteiger partial charge on any atom is -0.379 e. The Morgan fingerprint density at radius 3 is 2.52 bits per heavy atom. The van der Waals surface area contributed by atoms with Gasteiger partial charge in [-0.05, 0) is 36.5 Å². The van der Waals surface area contributed by atoms with Crippen LogP contribution in [0.5, 0.6) is 0 Å². The molecule has 1 aromatic carbocycles. The number of benzene rings is 1. The molecule has 0 aliphatic carbocycles. The van der Waals surface area contributed by atoms with E-state index in [9.17, 15) is 0 Å². The summed E-state index contributed by atoms with van der Waals surface area (Å²) in [5.74, 6) is 1.46. The fourth-order valence-electron chi connectivity index (χ4n) is 3.03. The van der Waals surface area contributed by atoms with Gasteiger partial charge >= 0.3 is 0 Å². The van der Waals surface area contributed by atoms with E-state index in [1.54, 1.807) is 0 Å². The van der Waals surface area contributed by atoms with E-state index in [1.165, 1.54) is 5.56 Å². The predicted octanol–water partition coefficient (Wildman–Crippen LogP) is 3.87. The van der Waals surface area contributed by atoms with Crippen molar-refractivity contribution >= 4 is 45.9 Å². The lowest BCUT2D eigenvalue weighted by molar-refractivity contribution is 0.114. The monoisotopic (exact) mass is 552 g/mol. The van der Waals surface area contributed by atoms with Crippen molar-refractivity contribution in [2.45, 2.75) is 39.3 Å². The molecule has 154 valence electrons. The van der Waals surface area contributed by atoms with Crippen molar-refractivity contribution in [3.8, 4) is 0 Å². The maximum atomic E-state index is 5.60. The zero-order chi connectivity index (χ0) is 18.8. The van der Waals surface area contributed by atoms with Gasteiger partial charge in [-0.25, -0.2) is 0 Å². The molecular weight excluding hydrogens is 519 g/mol. The molecule has 0 atom stereocenters. The highest BCUT2D eigenvalue weighted by atomic mass is 127. The molecule has 1 heterocycles. The third-order valence-corrected chi connectivity index (χ3v) is 4.99. The molecule has 2 N–H and O–H groups in total. The van der Waals surface area contributed by atoms with Crippen molar-refractivity contribution in [1.29, 1.82) is 0 Å². The van der Waals surface area contributed by atoms with Crippen molar-refractivity contribution in [3.63, 3.8) is 0 Å². The van der Waals surface area contributed by atoms with Crippen LogP contribution in [0.2, 0.25) is 0 Å². The van der Waals surface area contributed by atoms with Crippen LogP contribution in [0.25, 0.3) is 0 Å². The highest BCUT2D eigenvalue weighted by Gasteiger charge is 2.20. The Kier molecular flexibility index (Phi) is 12.5. The summed E-state index contributed by atoms with van der Waals surface area (Å²) < 4.78 is 6.74. The summed E-state index contributed by atoms with van der Waals surface area (Å²) in [5.41, 5.74) is 1.37. The standard InChI is InChI=1S/C20H33BrN4O.HI/c1-16(2)15-26-13-10-23-20(22-3)24-19-8-11-25(12-9-19)14-17-4-6-18(21)7-5-17;/h4-7,16,19H,8-15H2,1-3H3,(H2,22,23,24);1H. The predicted molar refractivity (Wildman–Crippen MR) is 128 cm³/mol. The third kappa shape index (κ3) is 10.1. The van der Waals surface area contributed by atoms with Crippen molar-refractivity contribution in [2.24, 2.45) is 10.9 Å². The third-order valence-electron chi connectivity index (χ3n) is 4.46. The van der Waals surface area contributed by atoms with Gasteiger partial charge in [0.05, 0.1) is 6.61 Å². The van der Waals surface area contributed by atoms with Crippen molar-refractivity contribution in [3.05, 3.63) is 34.3 Å². The van der Waals surface area contributed by atoms with Crippen LogP contribution in [0, 0.1) is 5.92 Å². The van der Waals surface area contributed by atoms with Gasteiger partial charge in [0.15, 0.2) is 5.96 Å². The van der Waals surface area contributed by atoms with Crippen molar-refractivity contribution in [1.82, 2.24) is 15.5 Å². The Hall–Kier alpha value is -0.380. The Balaban J connectivity index is 0.00000364. The molecule has 27 heavy (non-hydrogen) atoms. The summed E-state index contributed by atoms with van der Waals surface area (Å²) in [7, 11) is 1.83. The van der Waals surface area contributed by atoms with Crippen LogP contribution < -0.4 is 10.6 Å². The molecule has 0 aromatic heterocycles. The number of likely N-dealkylation sites (tertiary alicyclic amines) is 1. The van der Waals surface area contributed by atoms with Gasteiger partial charge in [-0.15, -0.1) is 24.0 Å². The number of halogens is 2. The number of rotatable bonds is 8. The first-order valence-electron chi connectivity index (χ1n) is 9.58. The Morgan fingerprint density at radius 2 is 1.93 bits per heavy atom. The molecule has 1 saturated heterocycles. The molecule has 7 heteroatoms. The number of hydrogen-bond donors (Lipinski definition) is 2. The lowest BCUT2D eigenvalue weighted by Crippen LogP contribution is -2.49. The smallest absolute Gasteiger partial charge is 0.191 e. The van der Waals surface area contributed by atoms with E-state index in [1.807, 2.05) is 7.05 Å². The van der Waals surface area contributed by atoms with Crippen LogP contribution in [-0.4, -0.2) is 56.8 Å². The summed E-state index contributed by atoms with van der Waals surface area (Å²) in [4.78, 5) is 6.86. The van der Waals surface area contributed by atoms with E-state index in [-0.39, 0.29) is 24.0 Å². The van der Waals surface area contributed by atoms with E-state index in [4.69, 9.17) is 4.74 Å². The summed E-state index contributed by atoms with van der Waals surface area (Å²) >= 11 is 3.49. The molecule has 1 aliphatic heterocycles. The Bertz CT molecular complexity index is 545. The SMILES string of the molecule is CN=C(NCCOCC(C)C)NC1CCN(Cc2ccc(Br)cc2)CC1.I. The van der Waals surface area contributed by atoms with Crippen LogP contribution in [0.4, 0.5) is 0 Å². The Morgan fingerprint density at radius 1 is 1.26 bits per heavy atom. The molecule has 1 fully saturated rings. The highest BCUT2D eigenvalue weighted by Crippen LogP contribution is 2.16. The number of piperidine rings is 1. The van der Waals surface area contributed by atoms with Crippen LogP contribution in [0.15, 0.2) is 33.7 Å². The van der Waals surface area contributed by atoms with Gasteiger partial charge in [-0.3, -0.25) is 9.89 Å². The van der Waals surface area contributed by atoms with Gasteiger partial charge in [0.1, 0.15) is 0 Å². The summed E-state index contributed by atoms with van der Waals surface area (Å²) in [6.07, 6.45) is 2.28. The number of nitrogens with one attached hydrogen (secondary N) is 2. The normalized spacial score (nSPS) is 16.3. The number of guanidine groups is 1. The quantitative estimate of drug-likeness (QED) is 0.222. The zero-order valence-corrected chi connectivity index (χ0v) is 20.6. The van der Waals surface area contributed by atoms with Gasteiger partial charge in [0.25, 0.3) is 0 Å². The molecule has 0 saturated carbocycles. The number of aliphatic imine (C=N–C) groups is 1. The fourth-order valence-corrected chi connectivity index (χ4v) is 3.30. The molecule has 0 unspecified atom stereocenters. The second-order valence-corrected chi connectivity index (χ2v) is 8.20. The average Bonchev–Trinajstić information content (AvgIpc) is 2.63. The Labute approximate surface area is 189 Å². The van der Waals surface area contributed by atoms with Gasteiger partial charge in [-0.1, -0.05) is 41.9 Å². The van der Waals surface area contributed by atoms with Gasteiger partial charge in [0, 0.05) is 50.3 Å². The highest BCUT2D eigenvalue weighted by molar-refractivity contribution is 14.0. The maximum Gasteiger partial charge on any atom is 0.191 e. The molecule has 1 aromatic rings. The van der Waals surface area contributed by atoms with E-state index >= 15 is 0 Å². The first kappa shape index (κ1) is 24.7. The van der Waals surface area contributed by atoms with Gasteiger partial charge < -0.3 is 15.4 Å². The summed E-state index contributed by atoms with van der Waals surface area (Å²) in [6, 6.07) is 9.11. The number of nitrogens with zero attached hydrogens (tertiary/aromatic N) is 2. The minimum atomic E-state index is 0. The van der Waals surface area contributed by atoms with Gasteiger partial charge in [0.2, 0.25) is 0 Å². The lowest BCUT2D eigenvalue weighted by Gasteiger charge is -2.33. The van der Waals surface area contributed by atoms with Crippen LogP contribution in [0.1, 0.15) is 32.3 Å². The molecule has 0 bridgehead atoms. The van der Waals surface area contributed by atoms with E-state index in [0.717, 1.165) is 56.1 Å². The van der Waals surface area contributed by atoms with Crippen LogP contribution >= 0.6 is 39.9 Å². The van der Waals surface area contributed by atoms with Crippen LogP contribution in [0.3, 0.4) is 0 Å². The molecule has 0 radical (unpaired) electrons. The lowest BCUT2D eigenvalue weighted by atomic mass is 10.0. The number of ether oxygens (including phenoxy) is 1. The second-order valence-electron chi connectivity index (χ2n) is 7.29. The fraction of sp³-hybridized carbons (Fsp3) is 0.650. The first-order valence-corrected chi connectivity index (χ1v) is 10.4. The first-order chi connectivity index (χ1) is 12.6. The average molecular weight is 553 g/mol. The van der Waals surface area contributed by atoms with Crippen molar-refractivity contribution < 1.29 is 4.74 Å². The number of hydrogen-bond acceptors (Lipinski definition) is 3. The largest absolute Gasteiger partial charge is 0.379 e. The van der Waals surface area contributed by atoms with Crippen LogP contribution in [-0.2, 0) is 11.3 Å². The van der Waals surface area contributed by atoms with E-state index in [0.29, 0.717) is 18.6 Å². The van der Waals surface area contributed by atoms with Crippen molar-refractivity contribution in [2.75, 3.05) is 39.9 Å². The molecule has 0 amide bonds. The van der Waals surface area contributed by atoms with E-state index in [2.05, 4.69) is 74.6 Å². The second kappa shape index (κ2) is 13.7. The maximum absolute atomic E-state index is 5.60. The molecule has 2 rings (SSSR count). The zero-order valence-electron chi connectivity index (χ0n) is 16.7. The topological polar surface area (TPSA) is 48.9 Å². The van der Waals surface area contributed by atoms with E-state index < -0.39 is 0 Å². The molecule has 1 aliphatic rings. The molecular formula is C20H34BrIN4O. The van der Waals surface area contributed by atoms with Gasteiger partial charge in [-0.2, -0.15) is 0 Å². The summed E-state index contributed by atoms with van der Waals surface area (Å²) in [6.45, 7) is 9.89.